The molecule has 0 saturated heterocycles. The molecule has 2 amide bonds. The summed E-state index contributed by atoms with van der Waals surface area (Å²) in [5.74, 6) is 0.119. The van der Waals surface area contributed by atoms with Crippen molar-refractivity contribution < 1.29 is 14.3 Å². The van der Waals surface area contributed by atoms with Crippen LogP contribution in [0.5, 0.6) is 0 Å². The van der Waals surface area contributed by atoms with Gasteiger partial charge in [-0.3, -0.25) is 14.5 Å². The van der Waals surface area contributed by atoms with Gasteiger partial charge in [-0.1, -0.05) is 26.0 Å². The van der Waals surface area contributed by atoms with Gasteiger partial charge in [0.1, 0.15) is 0 Å². The maximum atomic E-state index is 12.0. The van der Waals surface area contributed by atoms with Gasteiger partial charge in [-0.25, -0.2) is 0 Å². The van der Waals surface area contributed by atoms with Gasteiger partial charge in [0.05, 0.1) is 11.1 Å². The zero-order valence-electron chi connectivity index (χ0n) is 11.4. The first-order valence-corrected chi connectivity index (χ1v) is 6.64. The number of nitrogens with zero attached hydrogens (tertiary/aromatic N) is 1. The number of fused-ring (bicyclic) bond motifs is 1. The second kappa shape index (κ2) is 5.97. The van der Waals surface area contributed by atoms with Gasteiger partial charge in [-0.05, 0) is 24.5 Å². The third kappa shape index (κ3) is 3.01. The van der Waals surface area contributed by atoms with Gasteiger partial charge in [0, 0.05) is 19.8 Å². The van der Waals surface area contributed by atoms with Gasteiger partial charge in [-0.2, -0.15) is 0 Å². The molecule has 102 valence electrons. The van der Waals surface area contributed by atoms with E-state index in [4.69, 9.17) is 4.74 Å². The van der Waals surface area contributed by atoms with Crippen molar-refractivity contribution in [2.75, 3.05) is 19.8 Å². The second-order valence-electron chi connectivity index (χ2n) is 5.13. The Balaban J connectivity index is 1.87. The highest BCUT2D eigenvalue weighted by molar-refractivity contribution is 6.21. The topological polar surface area (TPSA) is 46.6 Å². The first kappa shape index (κ1) is 13.7. The van der Waals surface area contributed by atoms with Gasteiger partial charge in [-0.15, -0.1) is 0 Å². The molecule has 1 heterocycles. The zero-order valence-corrected chi connectivity index (χ0v) is 11.4. The molecular formula is C15H19NO3. The molecule has 19 heavy (non-hydrogen) atoms. The summed E-state index contributed by atoms with van der Waals surface area (Å²) in [5, 5.41) is 0. The first-order chi connectivity index (χ1) is 9.11. The molecule has 1 aromatic carbocycles. The molecule has 0 atom stereocenters. The lowest BCUT2D eigenvalue weighted by Crippen LogP contribution is -2.31. The molecule has 0 fully saturated rings. The van der Waals surface area contributed by atoms with Crippen molar-refractivity contribution in [2.24, 2.45) is 5.92 Å². The van der Waals surface area contributed by atoms with E-state index in [9.17, 15) is 9.59 Å². The number of rotatable bonds is 6. The van der Waals surface area contributed by atoms with E-state index in [2.05, 4.69) is 13.8 Å². The molecule has 0 saturated carbocycles. The van der Waals surface area contributed by atoms with Crippen LogP contribution in [0, 0.1) is 5.92 Å². The number of amides is 2. The molecule has 0 aliphatic carbocycles. The van der Waals surface area contributed by atoms with Crippen LogP contribution in [0.2, 0.25) is 0 Å². The van der Waals surface area contributed by atoms with E-state index in [1.807, 2.05) is 0 Å². The summed E-state index contributed by atoms with van der Waals surface area (Å²) in [4.78, 5) is 25.4. The first-order valence-electron chi connectivity index (χ1n) is 6.64. The van der Waals surface area contributed by atoms with Crippen LogP contribution in [0.4, 0.5) is 0 Å². The molecule has 0 N–H and O–H groups in total. The Kier molecular flexibility index (Phi) is 4.32. The number of carbonyl (C=O) groups is 2. The number of hydrogen-bond donors (Lipinski definition) is 0. The Morgan fingerprint density at radius 3 is 2.21 bits per heavy atom. The molecule has 0 bridgehead atoms. The molecule has 0 unspecified atom stereocenters. The molecule has 1 aliphatic heterocycles. The molecule has 1 aliphatic rings. The van der Waals surface area contributed by atoms with Gasteiger partial charge in [0.25, 0.3) is 11.8 Å². The van der Waals surface area contributed by atoms with E-state index in [-0.39, 0.29) is 11.8 Å². The largest absolute Gasteiger partial charge is 0.381 e. The average Bonchev–Trinajstić information content (AvgIpc) is 2.63. The number of carbonyl (C=O) groups excluding carboxylic acids is 2. The summed E-state index contributed by atoms with van der Waals surface area (Å²) in [5.41, 5.74) is 1.02. The fraction of sp³-hybridized carbons (Fsp3) is 0.467. The Morgan fingerprint density at radius 2 is 1.68 bits per heavy atom. The van der Waals surface area contributed by atoms with Crippen molar-refractivity contribution in [3.8, 4) is 0 Å². The lowest BCUT2D eigenvalue weighted by Gasteiger charge is -2.14. The molecule has 0 spiro atoms. The van der Waals surface area contributed by atoms with Gasteiger partial charge in [0.2, 0.25) is 0 Å². The lowest BCUT2D eigenvalue weighted by atomic mass is 10.1. The van der Waals surface area contributed by atoms with Crippen molar-refractivity contribution in [1.29, 1.82) is 0 Å². The van der Waals surface area contributed by atoms with E-state index >= 15 is 0 Å². The normalized spacial score (nSPS) is 14.4. The van der Waals surface area contributed by atoms with E-state index in [1.165, 1.54) is 4.90 Å². The second-order valence-corrected chi connectivity index (χ2v) is 5.13. The van der Waals surface area contributed by atoms with Gasteiger partial charge >= 0.3 is 0 Å². The van der Waals surface area contributed by atoms with E-state index in [0.29, 0.717) is 43.2 Å². The third-order valence-electron chi connectivity index (χ3n) is 3.00. The maximum absolute atomic E-state index is 12.0. The van der Waals surface area contributed by atoms with Crippen molar-refractivity contribution in [1.82, 2.24) is 4.90 Å². The van der Waals surface area contributed by atoms with Crippen LogP contribution in [0.25, 0.3) is 0 Å². The van der Waals surface area contributed by atoms with Crippen LogP contribution in [-0.2, 0) is 4.74 Å². The zero-order chi connectivity index (χ0) is 13.8. The summed E-state index contributed by atoms with van der Waals surface area (Å²) in [6.45, 7) is 5.88. The quantitative estimate of drug-likeness (QED) is 0.583. The van der Waals surface area contributed by atoms with Crippen LogP contribution in [-0.4, -0.2) is 36.5 Å². The molecule has 4 heteroatoms. The predicted octanol–water partition coefficient (Wildman–Crippen LogP) is 2.35. The third-order valence-corrected chi connectivity index (χ3v) is 3.00. The Hall–Kier alpha value is -1.68. The lowest BCUT2D eigenvalue weighted by molar-refractivity contribution is 0.0614. The molecule has 4 nitrogen and oxygen atoms in total. The minimum Gasteiger partial charge on any atom is -0.381 e. The summed E-state index contributed by atoms with van der Waals surface area (Å²) in [6.07, 6.45) is 0.679. The maximum Gasteiger partial charge on any atom is 0.261 e. The highest BCUT2D eigenvalue weighted by atomic mass is 16.5. The number of ether oxygens (including phenoxy) is 1. The molecule has 1 aromatic rings. The smallest absolute Gasteiger partial charge is 0.261 e. The van der Waals surface area contributed by atoms with Crippen LogP contribution in [0.3, 0.4) is 0 Å². The van der Waals surface area contributed by atoms with Crippen LogP contribution in [0.1, 0.15) is 41.0 Å². The Morgan fingerprint density at radius 1 is 1.11 bits per heavy atom. The summed E-state index contributed by atoms with van der Waals surface area (Å²) in [7, 11) is 0. The standard InChI is InChI=1S/C15H19NO3/c1-11(2)10-19-9-5-8-16-14(17)12-6-3-4-7-13(12)15(16)18/h3-4,6-7,11H,5,8-10H2,1-2H3. The monoisotopic (exact) mass is 261 g/mol. The highest BCUT2D eigenvalue weighted by Crippen LogP contribution is 2.22. The van der Waals surface area contributed by atoms with Gasteiger partial charge < -0.3 is 4.74 Å². The van der Waals surface area contributed by atoms with Gasteiger partial charge in [0.15, 0.2) is 0 Å². The fourth-order valence-corrected chi connectivity index (χ4v) is 2.09. The Labute approximate surface area is 113 Å². The van der Waals surface area contributed by atoms with E-state index in [0.717, 1.165) is 0 Å². The minimum absolute atomic E-state index is 0.190. The summed E-state index contributed by atoms with van der Waals surface area (Å²) >= 11 is 0. The summed E-state index contributed by atoms with van der Waals surface area (Å²) in [6, 6.07) is 6.95. The number of imide groups is 1. The van der Waals surface area contributed by atoms with Crippen molar-refractivity contribution in [3.05, 3.63) is 35.4 Å². The van der Waals surface area contributed by atoms with Crippen LogP contribution in [0.15, 0.2) is 24.3 Å². The van der Waals surface area contributed by atoms with E-state index in [1.54, 1.807) is 24.3 Å². The number of hydrogen-bond acceptors (Lipinski definition) is 3. The summed E-state index contributed by atoms with van der Waals surface area (Å²) < 4.78 is 5.45. The predicted molar refractivity (Wildman–Crippen MR) is 72.1 cm³/mol. The van der Waals surface area contributed by atoms with Crippen molar-refractivity contribution in [3.63, 3.8) is 0 Å². The number of benzene rings is 1. The minimum atomic E-state index is -0.190. The van der Waals surface area contributed by atoms with Crippen LogP contribution >= 0.6 is 0 Å². The molecule has 2 rings (SSSR count). The van der Waals surface area contributed by atoms with Crippen molar-refractivity contribution >= 4 is 11.8 Å². The molecule has 0 radical (unpaired) electrons. The average molecular weight is 261 g/mol. The van der Waals surface area contributed by atoms with Crippen LogP contribution < -0.4 is 0 Å². The van der Waals surface area contributed by atoms with Crippen molar-refractivity contribution in [2.45, 2.75) is 20.3 Å². The van der Waals surface area contributed by atoms with E-state index < -0.39 is 0 Å². The highest BCUT2D eigenvalue weighted by Gasteiger charge is 2.34. The molecule has 0 aromatic heterocycles. The fourth-order valence-electron chi connectivity index (χ4n) is 2.09. The SMILES string of the molecule is CC(C)COCCCN1C(=O)c2ccccc2C1=O. The Bertz CT molecular complexity index is 447. The molecular weight excluding hydrogens is 242 g/mol.